The van der Waals surface area contributed by atoms with Gasteiger partial charge in [0.1, 0.15) is 0 Å². The van der Waals surface area contributed by atoms with E-state index in [0.29, 0.717) is 6.04 Å². The Morgan fingerprint density at radius 3 is 2.95 bits per heavy atom. The summed E-state index contributed by atoms with van der Waals surface area (Å²) in [5.74, 6) is 0. The number of benzene rings is 1. The van der Waals surface area contributed by atoms with Gasteiger partial charge in [0.15, 0.2) is 0 Å². The van der Waals surface area contributed by atoms with Crippen LogP contribution in [0.15, 0.2) is 35.7 Å². The molecule has 0 spiro atoms. The number of nitrogens with zero attached hydrogens (tertiary/aromatic N) is 2. The lowest BCUT2D eigenvalue weighted by atomic mass is 10.1. The summed E-state index contributed by atoms with van der Waals surface area (Å²) in [5, 5.41) is 7.09. The van der Waals surface area contributed by atoms with Gasteiger partial charge in [-0.15, -0.1) is 11.3 Å². The van der Waals surface area contributed by atoms with Crippen LogP contribution in [0, 0.1) is 6.92 Å². The largest absolute Gasteiger partial charge is 0.309 e. The minimum absolute atomic E-state index is 0.451. The van der Waals surface area contributed by atoms with Crippen LogP contribution in [0.4, 0.5) is 0 Å². The fraction of sp³-hybridized carbons (Fsp3) is 0.471. The third-order valence-corrected chi connectivity index (χ3v) is 5.02. The Hall–Kier alpha value is -1.23. The topological polar surface area (TPSA) is 28.2 Å². The number of thiazole rings is 1. The molecular weight excluding hydrogens is 278 g/mol. The van der Waals surface area contributed by atoms with E-state index in [9.17, 15) is 0 Å². The van der Waals surface area contributed by atoms with Crippen LogP contribution in [0.1, 0.15) is 28.7 Å². The molecule has 0 saturated carbocycles. The van der Waals surface area contributed by atoms with E-state index in [4.69, 9.17) is 0 Å². The molecular formula is C17H23N3S. The van der Waals surface area contributed by atoms with Gasteiger partial charge >= 0.3 is 0 Å². The highest BCUT2D eigenvalue weighted by atomic mass is 32.1. The van der Waals surface area contributed by atoms with E-state index >= 15 is 0 Å². The maximum absolute atomic E-state index is 4.57. The molecule has 4 heteroatoms. The Kier molecular flexibility index (Phi) is 5.01. The molecule has 21 heavy (non-hydrogen) atoms. The molecule has 1 aliphatic rings. The van der Waals surface area contributed by atoms with E-state index in [-0.39, 0.29) is 0 Å². The summed E-state index contributed by atoms with van der Waals surface area (Å²) in [6.07, 6.45) is 2.29. The molecule has 1 aromatic carbocycles. The molecule has 1 saturated heterocycles. The lowest BCUT2D eigenvalue weighted by Crippen LogP contribution is -2.32. The molecule has 112 valence electrons. The van der Waals surface area contributed by atoms with Crippen LogP contribution in [-0.4, -0.2) is 36.1 Å². The van der Waals surface area contributed by atoms with Crippen LogP contribution in [0.5, 0.6) is 0 Å². The summed E-state index contributed by atoms with van der Waals surface area (Å²) in [4.78, 5) is 7.15. The molecule has 0 radical (unpaired) electrons. The lowest BCUT2D eigenvalue weighted by molar-refractivity contribution is 0.272. The van der Waals surface area contributed by atoms with Crippen molar-refractivity contribution in [3.63, 3.8) is 0 Å². The number of hydrogen-bond donors (Lipinski definition) is 1. The Morgan fingerprint density at radius 2 is 2.19 bits per heavy atom. The molecule has 0 bridgehead atoms. The fourth-order valence-corrected chi connectivity index (χ4v) is 3.64. The number of nitrogens with one attached hydrogen (secondary N) is 1. The predicted octanol–water partition coefficient (Wildman–Crippen LogP) is 3.03. The maximum atomic E-state index is 4.57. The lowest BCUT2D eigenvalue weighted by Gasteiger charge is -2.24. The van der Waals surface area contributed by atoms with E-state index in [0.717, 1.165) is 31.7 Å². The summed E-state index contributed by atoms with van der Waals surface area (Å²) < 4.78 is 0. The molecule has 1 N–H and O–H groups in total. The Bertz CT molecular complexity index is 552. The van der Waals surface area contributed by atoms with Gasteiger partial charge in [0.2, 0.25) is 0 Å². The van der Waals surface area contributed by atoms with Gasteiger partial charge in [0.05, 0.1) is 5.01 Å². The summed E-state index contributed by atoms with van der Waals surface area (Å²) in [6, 6.07) is 11.3. The van der Waals surface area contributed by atoms with Gasteiger partial charge < -0.3 is 10.2 Å². The first-order valence-corrected chi connectivity index (χ1v) is 8.61. The van der Waals surface area contributed by atoms with Crippen molar-refractivity contribution in [2.45, 2.75) is 25.8 Å². The number of aryl methyl sites for hydroxylation is 1. The highest BCUT2D eigenvalue weighted by Gasteiger charge is 2.18. The van der Waals surface area contributed by atoms with Crippen molar-refractivity contribution < 1.29 is 0 Å². The second kappa shape index (κ2) is 7.16. The zero-order valence-corrected chi connectivity index (χ0v) is 13.4. The van der Waals surface area contributed by atoms with Crippen LogP contribution in [0.2, 0.25) is 0 Å². The molecule has 1 aliphatic heterocycles. The molecule has 3 rings (SSSR count). The SMILES string of the molecule is Cc1csc(CCN2CCCNC(c3ccccc3)C2)n1. The Morgan fingerprint density at radius 1 is 1.33 bits per heavy atom. The summed E-state index contributed by atoms with van der Waals surface area (Å²) >= 11 is 1.79. The van der Waals surface area contributed by atoms with Crippen molar-refractivity contribution in [2.24, 2.45) is 0 Å². The molecule has 1 atom stereocenters. The maximum Gasteiger partial charge on any atom is 0.0940 e. The van der Waals surface area contributed by atoms with Gasteiger partial charge in [-0.2, -0.15) is 0 Å². The van der Waals surface area contributed by atoms with Gasteiger partial charge in [-0.25, -0.2) is 4.98 Å². The average Bonchev–Trinajstić information content (AvgIpc) is 2.79. The van der Waals surface area contributed by atoms with Crippen molar-refractivity contribution in [3.05, 3.63) is 52.0 Å². The van der Waals surface area contributed by atoms with Crippen LogP contribution >= 0.6 is 11.3 Å². The quantitative estimate of drug-likeness (QED) is 0.941. The van der Waals surface area contributed by atoms with Gasteiger partial charge in [0.25, 0.3) is 0 Å². The minimum Gasteiger partial charge on any atom is -0.309 e. The van der Waals surface area contributed by atoms with Gasteiger partial charge in [-0.05, 0) is 32.0 Å². The van der Waals surface area contributed by atoms with Gasteiger partial charge in [-0.1, -0.05) is 30.3 Å². The van der Waals surface area contributed by atoms with Crippen LogP contribution in [-0.2, 0) is 6.42 Å². The van der Waals surface area contributed by atoms with E-state index < -0.39 is 0 Å². The summed E-state index contributed by atoms with van der Waals surface area (Å²) in [5.41, 5.74) is 2.55. The minimum atomic E-state index is 0.451. The highest BCUT2D eigenvalue weighted by Crippen LogP contribution is 2.17. The van der Waals surface area contributed by atoms with Crippen LogP contribution < -0.4 is 5.32 Å². The smallest absolute Gasteiger partial charge is 0.0940 e. The zero-order chi connectivity index (χ0) is 14.5. The normalized spacial score (nSPS) is 20.3. The van der Waals surface area contributed by atoms with Crippen LogP contribution in [0.25, 0.3) is 0 Å². The van der Waals surface area contributed by atoms with Crippen molar-refractivity contribution in [3.8, 4) is 0 Å². The molecule has 1 aromatic heterocycles. The van der Waals surface area contributed by atoms with Crippen molar-refractivity contribution in [1.29, 1.82) is 0 Å². The molecule has 2 heterocycles. The molecule has 3 nitrogen and oxygen atoms in total. The number of rotatable bonds is 4. The molecule has 2 aromatic rings. The third-order valence-electron chi connectivity index (χ3n) is 3.99. The van der Waals surface area contributed by atoms with E-state index in [1.54, 1.807) is 11.3 Å². The standard InChI is InChI=1S/C17H23N3S/c1-14-13-21-17(19-14)8-11-20-10-5-9-18-16(12-20)15-6-3-2-4-7-15/h2-4,6-7,13,16,18H,5,8-12H2,1H3. The first kappa shape index (κ1) is 14.7. The van der Waals surface area contributed by atoms with E-state index in [1.165, 1.54) is 23.5 Å². The van der Waals surface area contributed by atoms with Gasteiger partial charge in [0, 0.05) is 36.6 Å². The number of aromatic nitrogens is 1. The second-order valence-electron chi connectivity index (χ2n) is 5.70. The Labute approximate surface area is 131 Å². The Balaban J connectivity index is 1.60. The van der Waals surface area contributed by atoms with E-state index in [1.807, 2.05) is 0 Å². The summed E-state index contributed by atoms with van der Waals surface area (Å²) in [7, 11) is 0. The van der Waals surface area contributed by atoms with Crippen molar-refractivity contribution >= 4 is 11.3 Å². The average molecular weight is 301 g/mol. The zero-order valence-electron chi connectivity index (χ0n) is 12.6. The summed E-state index contributed by atoms with van der Waals surface area (Å²) in [6.45, 7) is 6.56. The van der Waals surface area contributed by atoms with E-state index in [2.05, 4.69) is 57.8 Å². The van der Waals surface area contributed by atoms with Crippen LogP contribution in [0.3, 0.4) is 0 Å². The first-order chi connectivity index (χ1) is 10.3. The number of hydrogen-bond acceptors (Lipinski definition) is 4. The monoisotopic (exact) mass is 301 g/mol. The predicted molar refractivity (Wildman–Crippen MR) is 88.8 cm³/mol. The molecule has 1 fully saturated rings. The molecule has 0 aliphatic carbocycles. The van der Waals surface area contributed by atoms with Crippen molar-refractivity contribution in [1.82, 2.24) is 15.2 Å². The first-order valence-electron chi connectivity index (χ1n) is 7.73. The fourth-order valence-electron chi connectivity index (χ4n) is 2.88. The van der Waals surface area contributed by atoms with Crippen molar-refractivity contribution in [2.75, 3.05) is 26.2 Å². The molecule has 0 amide bonds. The third kappa shape index (κ3) is 4.13. The second-order valence-corrected chi connectivity index (χ2v) is 6.65. The highest BCUT2D eigenvalue weighted by molar-refractivity contribution is 7.09. The molecule has 1 unspecified atom stereocenters. The van der Waals surface area contributed by atoms with Gasteiger partial charge in [-0.3, -0.25) is 0 Å².